The average Bonchev–Trinajstić information content (AvgIpc) is 2.36. The predicted octanol–water partition coefficient (Wildman–Crippen LogP) is -0.885. The lowest BCUT2D eigenvalue weighted by Crippen LogP contribution is -2.55. The van der Waals surface area contributed by atoms with Crippen molar-refractivity contribution in [1.82, 2.24) is 16.0 Å². The molecule has 0 saturated carbocycles. The smallest absolute Gasteiger partial charge is 0.0822 e. The zero-order chi connectivity index (χ0) is 6.74. The highest BCUT2D eigenvalue weighted by Gasteiger charge is 2.29. The van der Waals surface area contributed by atoms with Crippen LogP contribution >= 0.6 is 0 Å². The summed E-state index contributed by atoms with van der Waals surface area (Å²) >= 11 is 0. The minimum atomic E-state index is 0.167. The van der Waals surface area contributed by atoms with Crippen LogP contribution in [0.5, 0.6) is 0 Å². The van der Waals surface area contributed by atoms with Crippen molar-refractivity contribution in [3.8, 4) is 0 Å². The minimum absolute atomic E-state index is 0.167. The molecule has 0 atom stereocenters. The molecule has 3 nitrogen and oxygen atoms in total. The van der Waals surface area contributed by atoms with Crippen LogP contribution in [-0.4, -0.2) is 32.8 Å². The number of likely N-dealkylation sites (N-methyl/N-ethyl adjacent to an activating group) is 2. The van der Waals surface area contributed by atoms with E-state index in [0.29, 0.717) is 0 Å². The third kappa shape index (κ3) is 1.23. The van der Waals surface area contributed by atoms with Gasteiger partial charge in [-0.3, -0.25) is 0 Å². The molecule has 1 saturated heterocycles. The highest BCUT2D eigenvalue weighted by molar-refractivity contribution is 4.90. The molecule has 0 unspecified atom stereocenters. The molecule has 0 aromatic heterocycles. The van der Waals surface area contributed by atoms with E-state index in [1.807, 2.05) is 14.1 Å². The van der Waals surface area contributed by atoms with Crippen LogP contribution in [0.1, 0.15) is 6.42 Å². The van der Waals surface area contributed by atoms with Gasteiger partial charge in [0.15, 0.2) is 0 Å². The summed E-state index contributed by atoms with van der Waals surface area (Å²) in [6.45, 7) is 2.14. The Balaban J connectivity index is 2.45. The van der Waals surface area contributed by atoms with Crippen molar-refractivity contribution in [3.63, 3.8) is 0 Å². The third-order valence-electron chi connectivity index (χ3n) is 2.11. The quantitative estimate of drug-likeness (QED) is 0.424. The lowest BCUT2D eigenvalue weighted by Gasteiger charge is -2.26. The van der Waals surface area contributed by atoms with E-state index in [4.69, 9.17) is 0 Å². The SMILES string of the molecule is CNC1(NC)CCNC1. The molecular weight excluding hydrogens is 114 g/mol. The standard InChI is InChI=1S/C6H15N3/c1-7-6(8-2)3-4-9-5-6/h7-9H,3-5H2,1-2H3. The summed E-state index contributed by atoms with van der Waals surface area (Å²) in [7, 11) is 3.98. The lowest BCUT2D eigenvalue weighted by molar-refractivity contribution is 0.327. The van der Waals surface area contributed by atoms with Crippen LogP contribution in [0.2, 0.25) is 0 Å². The van der Waals surface area contributed by atoms with E-state index in [1.54, 1.807) is 0 Å². The van der Waals surface area contributed by atoms with Crippen molar-refractivity contribution >= 4 is 0 Å². The molecule has 0 bridgehead atoms. The highest BCUT2D eigenvalue weighted by atomic mass is 15.2. The van der Waals surface area contributed by atoms with E-state index >= 15 is 0 Å². The van der Waals surface area contributed by atoms with Gasteiger partial charge < -0.3 is 16.0 Å². The fourth-order valence-corrected chi connectivity index (χ4v) is 1.24. The average molecular weight is 129 g/mol. The van der Waals surface area contributed by atoms with Gasteiger partial charge in [0.2, 0.25) is 0 Å². The van der Waals surface area contributed by atoms with Crippen molar-refractivity contribution in [1.29, 1.82) is 0 Å². The van der Waals surface area contributed by atoms with E-state index in [-0.39, 0.29) is 5.66 Å². The van der Waals surface area contributed by atoms with Gasteiger partial charge in [0, 0.05) is 6.54 Å². The second kappa shape index (κ2) is 2.64. The van der Waals surface area contributed by atoms with Crippen LogP contribution in [0.25, 0.3) is 0 Å². The van der Waals surface area contributed by atoms with Crippen LogP contribution in [-0.2, 0) is 0 Å². The van der Waals surface area contributed by atoms with Crippen LogP contribution in [0.4, 0.5) is 0 Å². The van der Waals surface area contributed by atoms with Crippen LogP contribution in [0, 0.1) is 0 Å². The summed E-state index contributed by atoms with van der Waals surface area (Å²) < 4.78 is 0. The summed E-state index contributed by atoms with van der Waals surface area (Å²) in [4.78, 5) is 0. The van der Waals surface area contributed by atoms with Crippen molar-refractivity contribution in [2.24, 2.45) is 0 Å². The molecule has 1 fully saturated rings. The maximum atomic E-state index is 3.29. The molecule has 0 spiro atoms. The summed E-state index contributed by atoms with van der Waals surface area (Å²) in [6.07, 6.45) is 1.17. The van der Waals surface area contributed by atoms with Crippen molar-refractivity contribution < 1.29 is 0 Å². The molecule has 1 aliphatic rings. The molecule has 0 amide bonds. The second-order valence-electron chi connectivity index (χ2n) is 2.51. The first kappa shape index (κ1) is 6.99. The van der Waals surface area contributed by atoms with E-state index in [2.05, 4.69) is 16.0 Å². The summed E-state index contributed by atoms with van der Waals surface area (Å²) in [5, 5.41) is 9.80. The molecule has 0 aromatic rings. The zero-order valence-corrected chi connectivity index (χ0v) is 6.12. The highest BCUT2D eigenvalue weighted by Crippen LogP contribution is 2.07. The second-order valence-corrected chi connectivity index (χ2v) is 2.51. The maximum Gasteiger partial charge on any atom is 0.0822 e. The predicted molar refractivity (Wildman–Crippen MR) is 38.3 cm³/mol. The topological polar surface area (TPSA) is 36.1 Å². The van der Waals surface area contributed by atoms with E-state index in [9.17, 15) is 0 Å². The van der Waals surface area contributed by atoms with Gasteiger partial charge in [-0.25, -0.2) is 0 Å². The molecule has 9 heavy (non-hydrogen) atoms. The minimum Gasteiger partial charge on any atom is -0.313 e. The Labute approximate surface area is 56.2 Å². The fourth-order valence-electron chi connectivity index (χ4n) is 1.24. The van der Waals surface area contributed by atoms with Crippen LogP contribution < -0.4 is 16.0 Å². The first-order valence-corrected chi connectivity index (χ1v) is 3.41. The number of hydrogen-bond acceptors (Lipinski definition) is 3. The van der Waals surface area contributed by atoms with Crippen molar-refractivity contribution in [3.05, 3.63) is 0 Å². The molecule has 0 aromatic carbocycles. The van der Waals surface area contributed by atoms with Gasteiger partial charge in [-0.2, -0.15) is 0 Å². The molecule has 0 aliphatic carbocycles. The molecule has 1 heterocycles. The molecule has 54 valence electrons. The van der Waals surface area contributed by atoms with Gasteiger partial charge in [-0.15, -0.1) is 0 Å². The monoisotopic (exact) mass is 129 g/mol. The Hall–Kier alpha value is -0.120. The molecule has 1 aliphatic heterocycles. The molecule has 3 heteroatoms. The summed E-state index contributed by atoms with van der Waals surface area (Å²) in [6, 6.07) is 0. The Bertz CT molecular complexity index is 80.3. The summed E-state index contributed by atoms with van der Waals surface area (Å²) in [5.41, 5.74) is 0.167. The number of hydrogen-bond donors (Lipinski definition) is 3. The first-order chi connectivity index (χ1) is 4.33. The Morgan fingerprint density at radius 2 is 2.00 bits per heavy atom. The maximum absolute atomic E-state index is 3.29. The Morgan fingerprint density at radius 3 is 2.22 bits per heavy atom. The van der Waals surface area contributed by atoms with Gasteiger partial charge >= 0.3 is 0 Å². The van der Waals surface area contributed by atoms with Crippen molar-refractivity contribution in [2.45, 2.75) is 12.1 Å². The van der Waals surface area contributed by atoms with Gasteiger partial charge in [0.1, 0.15) is 0 Å². The fraction of sp³-hybridized carbons (Fsp3) is 1.00. The zero-order valence-electron chi connectivity index (χ0n) is 6.12. The van der Waals surface area contributed by atoms with Crippen LogP contribution in [0.3, 0.4) is 0 Å². The van der Waals surface area contributed by atoms with Gasteiger partial charge in [0.25, 0.3) is 0 Å². The largest absolute Gasteiger partial charge is 0.313 e. The van der Waals surface area contributed by atoms with E-state index in [1.165, 1.54) is 6.42 Å². The lowest BCUT2D eigenvalue weighted by atomic mass is 10.1. The van der Waals surface area contributed by atoms with Gasteiger partial charge in [-0.05, 0) is 27.1 Å². The first-order valence-electron chi connectivity index (χ1n) is 3.41. The van der Waals surface area contributed by atoms with Gasteiger partial charge in [0.05, 0.1) is 5.66 Å². The Kier molecular flexibility index (Phi) is 2.05. The van der Waals surface area contributed by atoms with Crippen LogP contribution in [0.15, 0.2) is 0 Å². The van der Waals surface area contributed by atoms with Gasteiger partial charge in [-0.1, -0.05) is 0 Å². The van der Waals surface area contributed by atoms with E-state index in [0.717, 1.165) is 13.1 Å². The molecule has 1 rings (SSSR count). The third-order valence-corrected chi connectivity index (χ3v) is 2.11. The number of nitrogens with one attached hydrogen (secondary N) is 3. The summed E-state index contributed by atoms with van der Waals surface area (Å²) in [5.74, 6) is 0. The molecule has 0 radical (unpaired) electrons. The normalized spacial score (nSPS) is 24.7. The number of rotatable bonds is 2. The molecule has 3 N–H and O–H groups in total. The molecular formula is C6H15N3. The van der Waals surface area contributed by atoms with Crippen molar-refractivity contribution in [2.75, 3.05) is 27.2 Å². The Morgan fingerprint density at radius 1 is 1.33 bits per heavy atom. The van der Waals surface area contributed by atoms with E-state index < -0.39 is 0 Å².